The molecular weight excluding hydrogens is 186 g/mol. The minimum absolute atomic E-state index is 0. The first kappa shape index (κ1) is 12.7. The number of carbonyl (C=O) groups excluding carboxylic acids is 1. The molecule has 15 heavy (non-hydrogen) atoms. The van der Waals surface area contributed by atoms with Gasteiger partial charge in [-0.15, -0.1) is 0 Å². The maximum atomic E-state index is 11.8. The van der Waals surface area contributed by atoms with Gasteiger partial charge in [0.05, 0.1) is 0 Å². The summed E-state index contributed by atoms with van der Waals surface area (Å²) in [5.74, 6) is 1.03. The van der Waals surface area contributed by atoms with Crippen molar-refractivity contribution in [1.82, 2.24) is 5.32 Å². The van der Waals surface area contributed by atoms with E-state index in [0.29, 0.717) is 23.8 Å². The Labute approximate surface area is 95.3 Å². The highest BCUT2D eigenvalue weighted by Gasteiger charge is 2.27. The van der Waals surface area contributed by atoms with E-state index in [0.717, 1.165) is 12.8 Å². The Bertz CT molecular complexity index is 208. The quantitative estimate of drug-likeness (QED) is 0.778. The molecule has 2 nitrogen and oxygen atoms in total. The lowest BCUT2D eigenvalue weighted by molar-refractivity contribution is -0.126. The first-order valence-corrected chi connectivity index (χ1v) is 6.30. The molecule has 2 heteroatoms. The predicted molar refractivity (Wildman–Crippen MR) is 66.0 cm³/mol. The fraction of sp³-hybridized carbons (Fsp3) is 0.923. The van der Waals surface area contributed by atoms with Crippen molar-refractivity contribution >= 4 is 5.78 Å². The number of hydrogen-bond acceptors (Lipinski definition) is 2. The molecule has 0 aliphatic heterocycles. The van der Waals surface area contributed by atoms with E-state index >= 15 is 0 Å². The smallest absolute Gasteiger partial charge is 0.138 e. The molecule has 0 amide bonds. The number of rotatable bonds is 4. The lowest BCUT2D eigenvalue weighted by Crippen LogP contribution is -2.39. The summed E-state index contributed by atoms with van der Waals surface area (Å²) < 4.78 is 0. The zero-order valence-electron chi connectivity index (χ0n) is 10.5. The highest BCUT2D eigenvalue weighted by molar-refractivity contribution is 5.82. The van der Waals surface area contributed by atoms with Crippen LogP contribution in [-0.4, -0.2) is 17.9 Å². The van der Waals surface area contributed by atoms with E-state index < -0.39 is 0 Å². The van der Waals surface area contributed by atoms with E-state index in [-0.39, 0.29) is 7.34 Å². The fourth-order valence-corrected chi connectivity index (χ4v) is 2.49. The molecule has 1 aliphatic carbocycles. The van der Waals surface area contributed by atoms with Crippen molar-refractivity contribution in [2.24, 2.45) is 11.8 Å². The molecule has 1 aliphatic rings. The van der Waals surface area contributed by atoms with Gasteiger partial charge in [0.15, 0.2) is 0 Å². The van der Waals surface area contributed by atoms with Crippen LogP contribution in [0.1, 0.15) is 54.8 Å². The van der Waals surface area contributed by atoms with E-state index in [1.54, 1.807) is 0 Å². The summed E-state index contributed by atoms with van der Waals surface area (Å²) in [7, 11) is 0. The third-order valence-corrected chi connectivity index (χ3v) is 3.27. The Morgan fingerprint density at radius 2 is 1.67 bits per heavy atom. The Morgan fingerprint density at radius 1 is 1.13 bits per heavy atom. The average molecular weight is 213 g/mol. The molecule has 1 N–H and O–H groups in total. The number of carbonyl (C=O) groups is 1. The van der Waals surface area contributed by atoms with Crippen LogP contribution in [0.5, 0.6) is 0 Å². The fourth-order valence-electron chi connectivity index (χ4n) is 2.49. The normalized spacial score (nSPS) is 27.3. The molecule has 0 aromatic heterocycles. The van der Waals surface area contributed by atoms with Crippen LogP contribution in [0.2, 0.25) is 0 Å². The molecule has 0 aromatic rings. The summed E-state index contributed by atoms with van der Waals surface area (Å²) in [5, 5.41) is 3.56. The van der Waals surface area contributed by atoms with Crippen molar-refractivity contribution < 1.29 is 6.22 Å². The van der Waals surface area contributed by atoms with Crippen molar-refractivity contribution in [3.8, 4) is 0 Å². The third-order valence-electron chi connectivity index (χ3n) is 3.27. The molecule has 0 saturated heterocycles. The zero-order valence-corrected chi connectivity index (χ0v) is 10.5. The Kier molecular flexibility index (Phi) is 4.78. The van der Waals surface area contributed by atoms with Crippen LogP contribution in [0.3, 0.4) is 0 Å². The van der Waals surface area contributed by atoms with Gasteiger partial charge in [-0.3, -0.25) is 4.79 Å². The molecule has 0 bridgehead atoms. The molecular formula is C13H27NO. The number of hydrogen-bond donors (Lipinski definition) is 1. The summed E-state index contributed by atoms with van der Waals surface area (Å²) in [6.07, 6.45) is 4.51. The van der Waals surface area contributed by atoms with Crippen LogP contribution < -0.4 is 5.32 Å². The van der Waals surface area contributed by atoms with Gasteiger partial charge >= 0.3 is 0 Å². The van der Waals surface area contributed by atoms with Crippen LogP contribution >= 0.6 is 0 Å². The maximum absolute atomic E-state index is 11.8. The van der Waals surface area contributed by atoms with Gasteiger partial charge in [0.2, 0.25) is 0 Å². The number of ketones is 1. The largest absolute Gasteiger partial charge is 0.312 e. The Balaban J connectivity index is 0.00000225. The standard InChI is InChI=1S/C13H25NO.H2/c1-9(2)13(15)11-5-7-12(8-6-11)14-10(3)4;/h9-12,14H,5-8H2,1-4H3;1H. The van der Waals surface area contributed by atoms with Gasteiger partial charge in [-0.25, -0.2) is 0 Å². The van der Waals surface area contributed by atoms with Crippen LogP contribution in [0.15, 0.2) is 0 Å². The van der Waals surface area contributed by atoms with Gasteiger partial charge in [-0.1, -0.05) is 27.7 Å². The summed E-state index contributed by atoms with van der Waals surface area (Å²) in [6.45, 7) is 8.40. The molecule has 0 heterocycles. The van der Waals surface area contributed by atoms with Gasteiger partial charge in [0, 0.05) is 25.3 Å². The minimum atomic E-state index is 0. The molecule has 1 rings (SSSR count). The van der Waals surface area contributed by atoms with Crippen molar-refractivity contribution in [2.45, 2.75) is 65.5 Å². The third kappa shape index (κ3) is 3.94. The molecule has 1 fully saturated rings. The monoisotopic (exact) mass is 213 g/mol. The summed E-state index contributed by atoms with van der Waals surface area (Å²) in [4.78, 5) is 11.8. The molecule has 0 atom stereocenters. The Morgan fingerprint density at radius 3 is 2.07 bits per heavy atom. The van der Waals surface area contributed by atoms with Crippen LogP contribution in [0, 0.1) is 11.8 Å². The Hall–Kier alpha value is -0.370. The number of nitrogens with one attached hydrogen (secondary N) is 1. The second-order valence-corrected chi connectivity index (χ2v) is 5.43. The lowest BCUT2D eigenvalue weighted by atomic mass is 9.80. The molecule has 90 valence electrons. The van der Waals surface area contributed by atoms with Gasteiger partial charge in [-0.2, -0.15) is 0 Å². The highest BCUT2D eigenvalue weighted by Crippen LogP contribution is 2.27. The van der Waals surface area contributed by atoms with Crippen LogP contribution in [0.25, 0.3) is 0 Å². The second-order valence-electron chi connectivity index (χ2n) is 5.43. The highest BCUT2D eigenvalue weighted by atomic mass is 16.1. The van der Waals surface area contributed by atoms with E-state index in [4.69, 9.17) is 0 Å². The lowest BCUT2D eigenvalue weighted by Gasteiger charge is -2.30. The van der Waals surface area contributed by atoms with E-state index in [1.807, 2.05) is 13.8 Å². The summed E-state index contributed by atoms with van der Waals surface area (Å²) in [5.41, 5.74) is 0. The molecule has 0 aromatic carbocycles. The molecule has 0 spiro atoms. The van der Waals surface area contributed by atoms with Gasteiger partial charge in [0.1, 0.15) is 5.78 Å². The minimum Gasteiger partial charge on any atom is -0.312 e. The number of Topliss-reactive ketones (excluding diaryl/α,β-unsaturated/α-hetero) is 1. The maximum Gasteiger partial charge on any atom is 0.138 e. The first-order valence-electron chi connectivity index (χ1n) is 6.30. The molecule has 0 unspecified atom stereocenters. The van der Waals surface area contributed by atoms with Crippen molar-refractivity contribution in [1.29, 1.82) is 0 Å². The SMILES string of the molecule is CC(C)NC1CCC(C(=O)C(C)C)CC1.[HH]. The van der Waals surface area contributed by atoms with Crippen LogP contribution in [0.4, 0.5) is 0 Å². The summed E-state index contributed by atoms with van der Waals surface area (Å²) >= 11 is 0. The van der Waals surface area contributed by atoms with Crippen molar-refractivity contribution in [2.75, 3.05) is 0 Å². The predicted octanol–water partition coefficient (Wildman–Crippen LogP) is 3.01. The van der Waals surface area contributed by atoms with E-state index in [9.17, 15) is 4.79 Å². The van der Waals surface area contributed by atoms with Gasteiger partial charge in [-0.05, 0) is 25.7 Å². The van der Waals surface area contributed by atoms with E-state index in [2.05, 4.69) is 19.2 Å². The average Bonchev–Trinajstić information content (AvgIpc) is 2.17. The molecule has 0 radical (unpaired) electrons. The van der Waals surface area contributed by atoms with Crippen LogP contribution in [-0.2, 0) is 4.79 Å². The topological polar surface area (TPSA) is 29.1 Å². The zero-order chi connectivity index (χ0) is 11.4. The van der Waals surface area contributed by atoms with Gasteiger partial charge < -0.3 is 5.32 Å². The van der Waals surface area contributed by atoms with Crippen molar-refractivity contribution in [3.63, 3.8) is 0 Å². The van der Waals surface area contributed by atoms with Crippen molar-refractivity contribution in [3.05, 3.63) is 0 Å². The van der Waals surface area contributed by atoms with E-state index in [1.165, 1.54) is 12.8 Å². The summed E-state index contributed by atoms with van der Waals surface area (Å²) in [6, 6.07) is 1.20. The first-order chi connectivity index (χ1) is 7.00. The second kappa shape index (κ2) is 5.64. The van der Waals surface area contributed by atoms with Gasteiger partial charge in [0.25, 0.3) is 0 Å². The molecule has 1 saturated carbocycles.